The Morgan fingerprint density at radius 3 is 1.82 bits per heavy atom. The molecule has 13 N–H and O–H groups in total. The van der Waals surface area contributed by atoms with Gasteiger partial charge in [-0.2, -0.15) is 25.3 Å². The van der Waals surface area contributed by atoms with Gasteiger partial charge in [-0.15, -0.1) is 0 Å². The summed E-state index contributed by atoms with van der Waals surface area (Å²) in [4.78, 5) is 150. The highest BCUT2D eigenvalue weighted by atomic mass is 32.1. The van der Waals surface area contributed by atoms with Crippen LogP contribution in [-0.4, -0.2) is 168 Å². The van der Waals surface area contributed by atoms with Crippen LogP contribution in [0, 0.1) is 11.8 Å². The minimum atomic E-state index is -1.56. The summed E-state index contributed by atoms with van der Waals surface area (Å²) in [6.45, 7) is 6.25. The van der Waals surface area contributed by atoms with Gasteiger partial charge in [0.1, 0.15) is 42.3 Å². The van der Waals surface area contributed by atoms with Crippen LogP contribution in [0.4, 0.5) is 0 Å². The Bertz CT molecular complexity index is 1920. The van der Waals surface area contributed by atoms with Crippen LogP contribution in [-0.2, 0) is 59.2 Å². The number of carbonyl (C=O) groups excluding carboxylic acids is 8. The number of carbonyl (C=O) groups is 11. The Kier molecular flexibility index (Phi) is 24.1. The van der Waals surface area contributed by atoms with Crippen LogP contribution in [0.25, 0.3) is 0 Å². The van der Waals surface area contributed by atoms with Crippen molar-refractivity contribution in [2.75, 3.05) is 24.6 Å². The third-order valence-electron chi connectivity index (χ3n) is 10.4. The van der Waals surface area contributed by atoms with E-state index in [1.54, 1.807) is 27.7 Å². The molecule has 1 aromatic heterocycles. The first kappa shape index (κ1) is 57.2. The zero-order chi connectivity index (χ0) is 50.5. The third-order valence-corrected chi connectivity index (χ3v) is 11.1. The molecule has 1 aliphatic heterocycles. The quantitative estimate of drug-likeness (QED) is 0.0349. The number of thiol groups is 2. The van der Waals surface area contributed by atoms with E-state index in [4.69, 9.17) is 5.73 Å². The summed E-state index contributed by atoms with van der Waals surface area (Å²) in [7, 11) is 0. The summed E-state index contributed by atoms with van der Waals surface area (Å²) in [5.41, 5.74) is 6.13. The molecule has 0 radical (unpaired) electrons. The molecule has 2 heterocycles. The Hall–Kier alpha value is -5.96. The fourth-order valence-corrected chi connectivity index (χ4v) is 7.16. The lowest BCUT2D eigenvalue weighted by Crippen LogP contribution is -2.59. The molecule has 374 valence electrons. The first-order chi connectivity index (χ1) is 31.5. The number of nitrogens with two attached hydrogens (primary N) is 1. The number of carboxylic acids is 3. The monoisotopic (exact) mass is 985 g/mol. The van der Waals surface area contributed by atoms with Gasteiger partial charge in [0.2, 0.25) is 47.3 Å². The third kappa shape index (κ3) is 19.4. The summed E-state index contributed by atoms with van der Waals surface area (Å²) in [5.74, 6) is -11.7. The number of likely N-dealkylation sites (tertiary alicyclic amines) is 1. The van der Waals surface area contributed by atoms with Crippen molar-refractivity contribution < 1.29 is 68.1 Å². The van der Waals surface area contributed by atoms with Gasteiger partial charge in [0.05, 0.1) is 18.9 Å². The van der Waals surface area contributed by atoms with E-state index in [0.717, 1.165) is 0 Å². The predicted molar refractivity (Wildman–Crippen MR) is 243 cm³/mol. The predicted octanol–water partition coefficient (Wildman–Crippen LogP) is -3.33. The maximum absolute atomic E-state index is 13.8. The fourth-order valence-electron chi connectivity index (χ4n) is 6.75. The number of rotatable bonds is 29. The van der Waals surface area contributed by atoms with Gasteiger partial charge in [0, 0.05) is 49.2 Å². The Morgan fingerprint density at radius 1 is 0.746 bits per heavy atom. The number of hydrogen-bond acceptors (Lipinski definition) is 15. The van der Waals surface area contributed by atoms with E-state index in [0.29, 0.717) is 12.1 Å². The standard InChI is InChI=1S/C40H63N11O14S2/c1-19(2)12-25(48-35(59)24(8-10-31(55)56)47-38(62)28-6-5-11-51(28)39(63)32(20(3)4)50-33(57)22(41)16-66)34(58)43-15-29(52)45-26(13-21-14-42-18-44-21)37(61)46-23(7-9-30(53)54)36(60)49-27(17-67)40(64)65/h14,18-20,22-28,32,66-67H,5-13,15-17,41H2,1-4H3,(H,42,44)(H,43,58)(H,45,52)(H,46,61)(H,47,62)(H,48,59)(H,49,60)(H,50,57)(H,53,54)(H,55,56)(H,64,65)/t22-,23-,24-,25-,26-,27-,28-,32-/m0/s1. The van der Waals surface area contributed by atoms with E-state index in [1.807, 2.05) is 0 Å². The molecule has 0 aliphatic carbocycles. The van der Waals surface area contributed by atoms with Crippen LogP contribution in [0.5, 0.6) is 0 Å². The molecule has 2 rings (SSSR count). The zero-order valence-corrected chi connectivity index (χ0v) is 39.4. The van der Waals surface area contributed by atoms with E-state index in [-0.39, 0.29) is 43.2 Å². The number of imidazole rings is 1. The number of aromatic nitrogens is 2. The number of aromatic amines is 1. The molecule has 27 heteroatoms. The van der Waals surface area contributed by atoms with Gasteiger partial charge >= 0.3 is 17.9 Å². The highest BCUT2D eigenvalue weighted by molar-refractivity contribution is 7.80. The molecule has 25 nitrogen and oxygen atoms in total. The van der Waals surface area contributed by atoms with Gasteiger partial charge in [-0.3, -0.25) is 47.9 Å². The van der Waals surface area contributed by atoms with Gasteiger partial charge in [-0.25, -0.2) is 9.78 Å². The Balaban J connectivity index is 2.25. The molecule has 8 amide bonds. The first-order valence-electron chi connectivity index (χ1n) is 21.5. The number of aliphatic carboxylic acids is 3. The second kappa shape index (κ2) is 28.3. The van der Waals surface area contributed by atoms with E-state index < -0.39 is 152 Å². The minimum Gasteiger partial charge on any atom is -0.481 e. The molecular weight excluding hydrogens is 923 g/mol. The van der Waals surface area contributed by atoms with Crippen molar-refractivity contribution in [3.05, 3.63) is 18.2 Å². The molecule has 1 aromatic rings. The first-order valence-corrected chi connectivity index (χ1v) is 22.8. The van der Waals surface area contributed by atoms with Crippen molar-refractivity contribution in [1.29, 1.82) is 0 Å². The lowest BCUT2D eigenvalue weighted by Gasteiger charge is -2.32. The number of H-pyrrole nitrogens is 1. The van der Waals surface area contributed by atoms with Crippen molar-refractivity contribution >= 4 is 90.4 Å². The molecular formula is C40H63N11O14S2. The van der Waals surface area contributed by atoms with E-state index >= 15 is 0 Å². The molecule has 1 fully saturated rings. The van der Waals surface area contributed by atoms with E-state index in [9.17, 15) is 68.1 Å². The van der Waals surface area contributed by atoms with Crippen LogP contribution < -0.4 is 43.0 Å². The topological polar surface area (TPSA) is 391 Å². The van der Waals surface area contributed by atoms with Crippen LogP contribution in [0.3, 0.4) is 0 Å². The van der Waals surface area contributed by atoms with Crippen LogP contribution in [0.15, 0.2) is 12.5 Å². The Morgan fingerprint density at radius 2 is 1.31 bits per heavy atom. The highest BCUT2D eigenvalue weighted by Crippen LogP contribution is 2.21. The molecule has 8 atom stereocenters. The van der Waals surface area contributed by atoms with Crippen LogP contribution in [0.1, 0.15) is 78.3 Å². The number of carboxylic acid groups (broad SMARTS) is 3. The van der Waals surface area contributed by atoms with Crippen LogP contribution >= 0.6 is 25.3 Å². The average molecular weight is 986 g/mol. The average Bonchev–Trinajstić information content (AvgIpc) is 3.98. The molecule has 0 aromatic carbocycles. The van der Waals surface area contributed by atoms with Gasteiger partial charge in [-0.1, -0.05) is 27.7 Å². The lowest BCUT2D eigenvalue weighted by molar-refractivity contribution is -0.143. The smallest absolute Gasteiger partial charge is 0.327 e. The normalized spacial score (nSPS) is 16.6. The summed E-state index contributed by atoms with van der Waals surface area (Å²) in [5, 5.41) is 45.1. The van der Waals surface area contributed by atoms with E-state index in [1.165, 1.54) is 17.4 Å². The second-order valence-corrected chi connectivity index (χ2v) is 17.3. The fraction of sp³-hybridized carbons (Fsp3) is 0.650. The summed E-state index contributed by atoms with van der Waals surface area (Å²) < 4.78 is 0. The summed E-state index contributed by atoms with van der Waals surface area (Å²) in [6, 6.07) is -10.5. The molecule has 0 unspecified atom stereocenters. The largest absolute Gasteiger partial charge is 0.481 e. The van der Waals surface area contributed by atoms with Crippen LogP contribution in [0.2, 0.25) is 0 Å². The summed E-state index contributed by atoms with van der Waals surface area (Å²) in [6.07, 6.45) is 0.946. The molecule has 0 saturated carbocycles. The van der Waals surface area contributed by atoms with Crippen molar-refractivity contribution in [1.82, 2.24) is 52.1 Å². The molecule has 67 heavy (non-hydrogen) atoms. The van der Waals surface area contributed by atoms with Gasteiger partial charge in [-0.05, 0) is 43.9 Å². The highest BCUT2D eigenvalue weighted by Gasteiger charge is 2.40. The van der Waals surface area contributed by atoms with Gasteiger partial charge in [0.15, 0.2) is 0 Å². The maximum atomic E-state index is 13.8. The van der Waals surface area contributed by atoms with E-state index in [2.05, 4.69) is 72.4 Å². The number of nitrogens with one attached hydrogen (secondary N) is 8. The zero-order valence-electron chi connectivity index (χ0n) is 37.6. The summed E-state index contributed by atoms with van der Waals surface area (Å²) >= 11 is 7.92. The number of nitrogens with zero attached hydrogens (tertiary/aromatic N) is 2. The minimum absolute atomic E-state index is 0.00346. The maximum Gasteiger partial charge on any atom is 0.327 e. The SMILES string of the molecule is CC(C)C[C@H](NC(=O)[C@H](CCC(=O)O)NC(=O)[C@@H]1CCCN1C(=O)[C@@H](NC(=O)[C@@H](N)CS)C(C)C)C(=O)NCC(=O)N[C@@H](Cc1cnc[nH]1)C(=O)N[C@@H](CCC(=O)O)C(=O)N[C@@H](CS)C(=O)O. The molecule has 0 spiro atoms. The van der Waals surface area contributed by atoms with Crippen molar-refractivity contribution in [3.63, 3.8) is 0 Å². The molecule has 0 bridgehead atoms. The lowest BCUT2D eigenvalue weighted by atomic mass is 10.0. The molecule has 1 saturated heterocycles. The van der Waals surface area contributed by atoms with Gasteiger partial charge in [0.25, 0.3) is 0 Å². The second-order valence-electron chi connectivity index (χ2n) is 16.6. The van der Waals surface area contributed by atoms with Crippen molar-refractivity contribution in [2.24, 2.45) is 17.6 Å². The van der Waals surface area contributed by atoms with Crippen molar-refractivity contribution in [2.45, 2.75) is 127 Å². The Labute approximate surface area is 397 Å². The number of hydrogen-bond donors (Lipinski definition) is 14. The van der Waals surface area contributed by atoms with Crippen molar-refractivity contribution in [3.8, 4) is 0 Å². The van der Waals surface area contributed by atoms with Gasteiger partial charge < -0.3 is 68.2 Å². The molecule has 1 aliphatic rings. The number of amides is 8.